The maximum Gasteiger partial charge on any atom is 0.266 e. The van der Waals surface area contributed by atoms with Gasteiger partial charge in [0.05, 0.1) is 7.11 Å². The van der Waals surface area contributed by atoms with Gasteiger partial charge in [0.15, 0.2) is 0 Å². The molecule has 0 unspecified atom stereocenters. The Labute approximate surface area is 163 Å². The van der Waals surface area contributed by atoms with Crippen molar-refractivity contribution in [3.8, 4) is 5.75 Å². The minimum Gasteiger partial charge on any atom is -0.496 e. The van der Waals surface area contributed by atoms with Gasteiger partial charge < -0.3 is 20.4 Å². The molecule has 6 heteroatoms. The number of methoxy groups -OCH3 is 1. The number of piperidine rings is 1. The Morgan fingerprint density at radius 1 is 1.30 bits per heavy atom. The first-order valence-corrected chi connectivity index (χ1v) is 10.6. The zero-order valence-corrected chi connectivity index (χ0v) is 16.6. The number of aromatic nitrogens is 1. The van der Waals surface area contributed by atoms with E-state index in [9.17, 15) is 4.79 Å². The second-order valence-corrected chi connectivity index (χ2v) is 8.33. The first-order chi connectivity index (χ1) is 13.2. The summed E-state index contributed by atoms with van der Waals surface area (Å²) < 4.78 is 6.46. The zero-order valence-electron chi connectivity index (χ0n) is 15.8. The molecule has 1 aliphatic rings. The number of rotatable bonds is 6. The minimum atomic E-state index is -0.00797. The predicted molar refractivity (Wildman–Crippen MR) is 113 cm³/mol. The van der Waals surface area contributed by atoms with Crippen molar-refractivity contribution in [2.24, 2.45) is 11.7 Å². The second-order valence-electron chi connectivity index (χ2n) is 7.41. The van der Waals surface area contributed by atoms with E-state index in [2.05, 4.69) is 16.0 Å². The Kier molecular flexibility index (Phi) is 5.48. The van der Waals surface area contributed by atoms with Crippen molar-refractivity contribution in [2.75, 3.05) is 33.3 Å². The smallest absolute Gasteiger partial charge is 0.266 e. The third kappa shape index (κ3) is 3.61. The monoisotopic (exact) mass is 385 g/mol. The number of likely N-dealkylation sites (tertiary alicyclic amines) is 1. The summed E-state index contributed by atoms with van der Waals surface area (Å²) in [5.74, 6) is 1.60. The summed E-state index contributed by atoms with van der Waals surface area (Å²) in [5, 5.41) is 4.16. The summed E-state index contributed by atoms with van der Waals surface area (Å²) in [6, 6.07) is 5.98. The van der Waals surface area contributed by atoms with Gasteiger partial charge >= 0.3 is 0 Å². The van der Waals surface area contributed by atoms with E-state index in [0.29, 0.717) is 5.92 Å². The van der Waals surface area contributed by atoms with Gasteiger partial charge in [-0.2, -0.15) is 0 Å². The van der Waals surface area contributed by atoms with Gasteiger partial charge in [-0.15, -0.1) is 11.3 Å². The van der Waals surface area contributed by atoms with E-state index >= 15 is 0 Å². The van der Waals surface area contributed by atoms with E-state index < -0.39 is 0 Å². The SMILES string of the molecule is COc1ccc2[nH]c(=O)c3sccc3c2c1CCCN1CCC(CN)CC1. The molecule has 3 N–H and O–H groups in total. The van der Waals surface area contributed by atoms with Crippen LogP contribution in [0.4, 0.5) is 0 Å². The van der Waals surface area contributed by atoms with Crippen LogP contribution in [0.15, 0.2) is 28.4 Å². The van der Waals surface area contributed by atoms with Gasteiger partial charge in [-0.05, 0) is 81.4 Å². The number of pyridine rings is 1. The molecule has 0 amide bonds. The van der Waals surface area contributed by atoms with Crippen molar-refractivity contribution >= 4 is 32.3 Å². The lowest BCUT2D eigenvalue weighted by atomic mass is 9.96. The van der Waals surface area contributed by atoms with E-state index in [0.717, 1.165) is 65.8 Å². The molecule has 4 rings (SSSR count). The molecule has 0 atom stereocenters. The summed E-state index contributed by atoms with van der Waals surface area (Å²) >= 11 is 1.50. The standard InChI is InChI=1S/C21H27N3O2S/c1-26-18-5-4-17-19(16-8-12-27-20(16)21(25)23-17)15(18)3-2-9-24-10-6-14(13-22)7-11-24/h4-5,8,12,14H,2-3,6-7,9-11,13,22H2,1H3,(H,23,25). The molecule has 5 nitrogen and oxygen atoms in total. The Morgan fingerprint density at radius 2 is 2.11 bits per heavy atom. The minimum absolute atomic E-state index is 0.00797. The van der Waals surface area contributed by atoms with Gasteiger partial charge in [0, 0.05) is 21.9 Å². The number of ether oxygens (including phenoxy) is 1. The van der Waals surface area contributed by atoms with Crippen LogP contribution in [0.2, 0.25) is 0 Å². The van der Waals surface area contributed by atoms with Crippen molar-refractivity contribution in [2.45, 2.75) is 25.7 Å². The van der Waals surface area contributed by atoms with Crippen LogP contribution in [-0.4, -0.2) is 43.2 Å². The molecule has 1 saturated heterocycles. The van der Waals surface area contributed by atoms with Crippen molar-refractivity contribution in [1.82, 2.24) is 9.88 Å². The number of aromatic amines is 1. The highest BCUT2D eigenvalue weighted by molar-refractivity contribution is 7.17. The second kappa shape index (κ2) is 8.00. The number of hydrogen-bond donors (Lipinski definition) is 2. The molecule has 0 spiro atoms. The molecule has 0 radical (unpaired) electrons. The Morgan fingerprint density at radius 3 is 2.85 bits per heavy atom. The van der Waals surface area contributed by atoms with Crippen LogP contribution < -0.4 is 16.0 Å². The molecule has 1 aromatic carbocycles. The van der Waals surface area contributed by atoms with E-state index in [1.54, 1.807) is 7.11 Å². The Bertz CT molecular complexity index is 986. The van der Waals surface area contributed by atoms with Crippen LogP contribution in [0.25, 0.3) is 21.0 Å². The number of fused-ring (bicyclic) bond motifs is 3. The number of nitrogens with two attached hydrogens (primary N) is 1. The van der Waals surface area contributed by atoms with Gasteiger partial charge in [0.1, 0.15) is 10.4 Å². The molecule has 0 aliphatic carbocycles. The normalized spacial score (nSPS) is 16.4. The van der Waals surface area contributed by atoms with Gasteiger partial charge in [-0.3, -0.25) is 4.79 Å². The topological polar surface area (TPSA) is 71.4 Å². The van der Waals surface area contributed by atoms with Gasteiger partial charge in [0.2, 0.25) is 0 Å². The summed E-state index contributed by atoms with van der Waals surface area (Å²) in [6.07, 6.45) is 4.44. The fourth-order valence-corrected chi connectivity index (χ4v) is 5.06. The van der Waals surface area contributed by atoms with Crippen molar-refractivity contribution in [3.63, 3.8) is 0 Å². The molecule has 27 heavy (non-hydrogen) atoms. The highest BCUT2D eigenvalue weighted by atomic mass is 32.1. The van der Waals surface area contributed by atoms with Crippen molar-refractivity contribution < 1.29 is 4.74 Å². The number of nitrogens with zero attached hydrogens (tertiary/aromatic N) is 1. The Hall–Kier alpha value is -1.89. The lowest BCUT2D eigenvalue weighted by molar-refractivity contribution is 0.186. The summed E-state index contributed by atoms with van der Waals surface area (Å²) in [7, 11) is 1.72. The summed E-state index contributed by atoms with van der Waals surface area (Å²) in [5.41, 5.74) is 7.89. The van der Waals surface area contributed by atoms with Gasteiger partial charge in [0.25, 0.3) is 5.56 Å². The third-order valence-electron chi connectivity index (χ3n) is 5.82. The molecule has 144 valence electrons. The Balaban J connectivity index is 1.59. The number of H-pyrrole nitrogens is 1. The zero-order chi connectivity index (χ0) is 18.8. The first kappa shape index (κ1) is 18.5. The molecule has 1 aliphatic heterocycles. The van der Waals surface area contributed by atoms with E-state index in [1.807, 2.05) is 17.5 Å². The van der Waals surface area contributed by atoms with E-state index in [4.69, 9.17) is 10.5 Å². The lowest BCUT2D eigenvalue weighted by Gasteiger charge is -2.31. The predicted octanol–water partition coefficient (Wildman–Crippen LogP) is 3.35. The highest BCUT2D eigenvalue weighted by Crippen LogP contribution is 2.34. The largest absolute Gasteiger partial charge is 0.496 e. The van der Waals surface area contributed by atoms with Crippen LogP contribution >= 0.6 is 11.3 Å². The van der Waals surface area contributed by atoms with Gasteiger partial charge in [-0.1, -0.05) is 0 Å². The maximum atomic E-state index is 12.3. The van der Waals surface area contributed by atoms with Crippen LogP contribution in [0.3, 0.4) is 0 Å². The van der Waals surface area contributed by atoms with E-state index in [1.165, 1.54) is 29.7 Å². The fraction of sp³-hybridized carbons (Fsp3) is 0.476. The number of thiophene rings is 1. The third-order valence-corrected chi connectivity index (χ3v) is 6.73. The number of benzene rings is 1. The van der Waals surface area contributed by atoms with Crippen LogP contribution in [0.1, 0.15) is 24.8 Å². The van der Waals surface area contributed by atoms with Crippen molar-refractivity contribution in [1.29, 1.82) is 0 Å². The van der Waals surface area contributed by atoms with Crippen LogP contribution in [-0.2, 0) is 6.42 Å². The summed E-state index contributed by atoms with van der Waals surface area (Å²) in [6.45, 7) is 4.20. The lowest BCUT2D eigenvalue weighted by Crippen LogP contribution is -2.36. The van der Waals surface area contributed by atoms with E-state index in [-0.39, 0.29) is 5.56 Å². The summed E-state index contributed by atoms with van der Waals surface area (Å²) in [4.78, 5) is 17.9. The quantitative estimate of drug-likeness (QED) is 0.683. The molecule has 3 aromatic rings. The number of hydrogen-bond acceptors (Lipinski definition) is 5. The molecule has 0 bridgehead atoms. The first-order valence-electron chi connectivity index (χ1n) is 9.72. The number of aryl methyl sites for hydroxylation is 1. The molecular formula is C21H27N3O2S. The molecule has 1 fully saturated rings. The highest BCUT2D eigenvalue weighted by Gasteiger charge is 2.18. The van der Waals surface area contributed by atoms with Gasteiger partial charge in [-0.25, -0.2) is 0 Å². The molecule has 3 heterocycles. The van der Waals surface area contributed by atoms with Crippen LogP contribution in [0.5, 0.6) is 5.75 Å². The number of nitrogens with one attached hydrogen (secondary N) is 1. The molecular weight excluding hydrogens is 358 g/mol. The van der Waals surface area contributed by atoms with Crippen molar-refractivity contribution in [3.05, 3.63) is 39.5 Å². The molecule has 0 saturated carbocycles. The van der Waals surface area contributed by atoms with Crippen LogP contribution in [0, 0.1) is 5.92 Å². The average molecular weight is 386 g/mol. The average Bonchev–Trinajstić information content (AvgIpc) is 3.19. The molecule has 2 aromatic heterocycles. The fourth-order valence-electron chi connectivity index (χ4n) is 4.27. The maximum absolute atomic E-state index is 12.3.